The monoisotopic (exact) mass is 453 g/mol. The lowest BCUT2D eigenvalue weighted by molar-refractivity contribution is -0.132. The Hall–Kier alpha value is -2.62. The maximum Gasteiger partial charge on any atom is 0.278 e. The molecule has 3 N–H and O–H groups in total. The normalized spacial score (nSPS) is 16.5. The Morgan fingerprint density at radius 2 is 1.87 bits per heavy atom. The van der Waals surface area contributed by atoms with Crippen molar-refractivity contribution in [2.45, 2.75) is 19.5 Å². The summed E-state index contributed by atoms with van der Waals surface area (Å²) >= 11 is 12.0. The van der Waals surface area contributed by atoms with Crippen LogP contribution in [0.25, 0.3) is 0 Å². The number of carbonyl (C=O) groups is 3. The van der Waals surface area contributed by atoms with Crippen LogP contribution in [-0.4, -0.2) is 65.0 Å². The van der Waals surface area contributed by atoms with Gasteiger partial charge < -0.3 is 25.4 Å². The topological polar surface area (TPSA) is 122 Å². The van der Waals surface area contributed by atoms with E-state index >= 15 is 0 Å². The van der Waals surface area contributed by atoms with E-state index in [1.165, 1.54) is 34.1 Å². The number of nitrogens with zero attached hydrogens (tertiary/aromatic N) is 3. The SMILES string of the molecule is Cc1cc(C(=O)N2CCCN(C(=O)c3ccc(Cl)c(Cl)c3)C2C(=O)NCCN)no1. The lowest BCUT2D eigenvalue weighted by Gasteiger charge is -2.42. The molecule has 1 fully saturated rings. The minimum Gasteiger partial charge on any atom is -0.361 e. The predicted molar refractivity (Wildman–Crippen MR) is 110 cm³/mol. The lowest BCUT2D eigenvalue weighted by Crippen LogP contribution is -2.63. The fourth-order valence-electron chi connectivity index (χ4n) is 3.23. The van der Waals surface area contributed by atoms with Gasteiger partial charge in [-0.1, -0.05) is 28.4 Å². The fraction of sp³-hybridized carbons (Fsp3) is 0.368. The Labute approximate surface area is 183 Å². The summed E-state index contributed by atoms with van der Waals surface area (Å²) < 4.78 is 4.98. The highest BCUT2D eigenvalue weighted by molar-refractivity contribution is 6.42. The summed E-state index contributed by atoms with van der Waals surface area (Å²) in [5.41, 5.74) is 5.81. The summed E-state index contributed by atoms with van der Waals surface area (Å²) in [6, 6.07) is 5.94. The highest BCUT2D eigenvalue weighted by Gasteiger charge is 2.41. The largest absolute Gasteiger partial charge is 0.361 e. The molecule has 1 aliphatic heterocycles. The number of aromatic nitrogens is 1. The van der Waals surface area contributed by atoms with E-state index in [1.54, 1.807) is 6.92 Å². The first-order chi connectivity index (χ1) is 14.3. The number of aryl methyl sites for hydroxylation is 1. The summed E-state index contributed by atoms with van der Waals surface area (Å²) in [6.45, 7) is 2.63. The third-order valence-electron chi connectivity index (χ3n) is 4.60. The molecular weight excluding hydrogens is 433 g/mol. The molecule has 1 unspecified atom stereocenters. The number of amides is 3. The van der Waals surface area contributed by atoms with E-state index in [0.29, 0.717) is 17.2 Å². The Balaban J connectivity index is 1.95. The molecule has 1 aliphatic rings. The quantitative estimate of drug-likeness (QED) is 0.709. The van der Waals surface area contributed by atoms with Crippen LogP contribution in [0.4, 0.5) is 0 Å². The maximum atomic E-state index is 13.2. The third-order valence-corrected chi connectivity index (χ3v) is 5.34. The smallest absolute Gasteiger partial charge is 0.278 e. The number of hydrogen-bond donors (Lipinski definition) is 2. The van der Waals surface area contributed by atoms with E-state index < -0.39 is 23.9 Å². The first-order valence-electron chi connectivity index (χ1n) is 9.31. The van der Waals surface area contributed by atoms with Crippen molar-refractivity contribution in [1.29, 1.82) is 0 Å². The van der Waals surface area contributed by atoms with Gasteiger partial charge in [0.15, 0.2) is 11.9 Å². The van der Waals surface area contributed by atoms with Crippen molar-refractivity contribution in [3.63, 3.8) is 0 Å². The van der Waals surface area contributed by atoms with Crippen LogP contribution < -0.4 is 11.1 Å². The van der Waals surface area contributed by atoms with Crippen molar-refractivity contribution in [1.82, 2.24) is 20.3 Å². The number of halogens is 2. The number of carbonyl (C=O) groups excluding carboxylic acids is 3. The summed E-state index contributed by atoms with van der Waals surface area (Å²) in [4.78, 5) is 41.8. The second-order valence-electron chi connectivity index (χ2n) is 6.76. The van der Waals surface area contributed by atoms with Gasteiger partial charge in [0.05, 0.1) is 10.0 Å². The molecule has 3 amide bonds. The molecule has 11 heteroatoms. The molecular formula is C19H21Cl2N5O4. The van der Waals surface area contributed by atoms with Crippen LogP contribution in [0.2, 0.25) is 10.0 Å². The molecule has 1 aromatic carbocycles. The van der Waals surface area contributed by atoms with Crippen LogP contribution >= 0.6 is 23.2 Å². The average Bonchev–Trinajstić information content (AvgIpc) is 3.18. The molecule has 3 rings (SSSR count). The molecule has 0 saturated carbocycles. The van der Waals surface area contributed by atoms with Crippen molar-refractivity contribution < 1.29 is 18.9 Å². The van der Waals surface area contributed by atoms with Crippen LogP contribution in [0.15, 0.2) is 28.8 Å². The van der Waals surface area contributed by atoms with Gasteiger partial charge in [-0.15, -0.1) is 0 Å². The molecule has 2 aromatic rings. The second-order valence-corrected chi connectivity index (χ2v) is 7.57. The van der Waals surface area contributed by atoms with Gasteiger partial charge in [-0.2, -0.15) is 0 Å². The predicted octanol–water partition coefficient (Wildman–Crippen LogP) is 1.68. The van der Waals surface area contributed by atoms with Crippen LogP contribution in [0.3, 0.4) is 0 Å². The molecule has 30 heavy (non-hydrogen) atoms. The van der Waals surface area contributed by atoms with Gasteiger partial charge in [-0.05, 0) is 31.5 Å². The molecule has 0 aliphatic carbocycles. The van der Waals surface area contributed by atoms with Gasteiger partial charge in [0.1, 0.15) is 5.76 Å². The molecule has 9 nitrogen and oxygen atoms in total. The standard InChI is InChI=1S/C19H21Cl2N5O4/c1-11-9-15(24-30-11)19(29)26-8-2-7-25(17(26)16(27)23-6-5-22)18(28)12-3-4-13(20)14(21)10-12/h3-4,9-10,17H,2,5-8,22H2,1H3,(H,23,27). The van der Waals surface area contributed by atoms with E-state index in [0.717, 1.165) is 0 Å². The number of benzene rings is 1. The van der Waals surface area contributed by atoms with Gasteiger partial charge in [-0.25, -0.2) is 0 Å². The lowest BCUT2D eigenvalue weighted by atomic mass is 10.1. The van der Waals surface area contributed by atoms with E-state index in [4.69, 9.17) is 33.5 Å². The van der Waals surface area contributed by atoms with Crippen molar-refractivity contribution >= 4 is 40.9 Å². The molecule has 0 spiro atoms. The van der Waals surface area contributed by atoms with E-state index in [2.05, 4.69) is 10.5 Å². The molecule has 0 bridgehead atoms. The molecule has 1 saturated heterocycles. The summed E-state index contributed by atoms with van der Waals surface area (Å²) in [7, 11) is 0. The third kappa shape index (κ3) is 4.58. The van der Waals surface area contributed by atoms with Crippen LogP contribution in [0, 0.1) is 6.92 Å². The van der Waals surface area contributed by atoms with Gasteiger partial charge in [0.25, 0.3) is 17.7 Å². The van der Waals surface area contributed by atoms with Crippen LogP contribution in [0.1, 0.15) is 33.0 Å². The van der Waals surface area contributed by atoms with Crippen LogP contribution in [-0.2, 0) is 4.79 Å². The summed E-state index contributed by atoms with van der Waals surface area (Å²) in [6.07, 6.45) is -0.687. The van der Waals surface area contributed by atoms with E-state index in [1.807, 2.05) is 0 Å². The molecule has 1 atom stereocenters. The molecule has 1 aromatic heterocycles. The Morgan fingerprint density at radius 1 is 1.17 bits per heavy atom. The average molecular weight is 454 g/mol. The first-order valence-corrected chi connectivity index (χ1v) is 10.1. The number of nitrogens with one attached hydrogen (secondary N) is 1. The minimum atomic E-state index is -1.17. The number of hydrogen-bond acceptors (Lipinski definition) is 6. The van der Waals surface area contributed by atoms with Gasteiger partial charge in [-0.3, -0.25) is 14.4 Å². The fourth-order valence-corrected chi connectivity index (χ4v) is 3.53. The zero-order valence-electron chi connectivity index (χ0n) is 16.2. The van der Waals surface area contributed by atoms with E-state index in [9.17, 15) is 14.4 Å². The van der Waals surface area contributed by atoms with Crippen molar-refractivity contribution in [2.24, 2.45) is 5.73 Å². The van der Waals surface area contributed by atoms with Crippen molar-refractivity contribution in [3.8, 4) is 0 Å². The summed E-state index contributed by atoms with van der Waals surface area (Å²) in [5.74, 6) is -1.01. The summed E-state index contributed by atoms with van der Waals surface area (Å²) in [5, 5.41) is 6.93. The zero-order valence-corrected chi connectivity index (χ0v) is 17.7. The van der Waals surface area contributed by atoms with Crippen LogP contribution in [0.5, 0.6) is 0 Å². The Morgan fingerprint density at radius 3 is 2.47 bits per heavy atom. The van der Waals surface area contributed by atoms with E-state index in [-0.39, 0.29) is 42.5 Å². The zero-order chi connectivity index (χ0) is 21.8. The highest BCUT2D eigenvalue weighted by Crippen LogP contribution is 2.25. The maximum absolute atomic E-state index is 13.2. The van der Waals surface area contributed by atoms with Crippen molar-refractivity contribution in [3.05, 3.63) is 51.3 Å². The first kappa shape index (κ1) is 22.1. The minimum absolute atomic E-state index is 0.0629. The second kappa shape index (κ2) is 9.46. The molecule has 0 radical (unpaired) electrons. The number of nitrogens with two attached hydrogens (primary N) is 1. The molecule has 160 valence electrons. The van der Waals surface area contributed by atoms with Gasteiger partial charge in [0, 0.05) is 37.8 Å². The Bertz CT molecular complexity index is 964. The Kier molecular flexibility index (Phi) is 6.96. The van der Waals surface area contributed by atoms with Gasteiger partial charge in [0.2, 0.25) is 0 Å². The highest BCUT2D eigenvalue weighted by atomic mass is 35.5. The number of rotatable bonds is 5. The molecule has 2 heterocycles. The van der Waals surface area contributed by atoms with Crippen molar-refractivity contribution in [2.75, 3.05) is 26.2 Å². The van der Waals surface area contributed by atoms with Gasteiger partial charge >= 0.3 is 0 Å².